The molecule has 0 aliphatic rings. The summed E-state index contributed by atoms with van der Waals surface area (Å²) in [7, 11) is 3.71. The van der Waals surface area contributed by atoms with Gasteiger partial charge in [-0.1, -0.05) is 11.3 Å². The van der Waals surface area contributed by atoms with Crippen LogP contribution in [-0.4, -0.2) is 0 Å². The van der Waals surface area contributed by atoms with Gasteiger partial charge < -0.3 is 0 Å². The maximum Gasteiger partial charge on any atom is 0.272 e. The van der Waals surface area contributed by atoms with Gasteiger partial charge in [0.05, 0.1) is 16.5 Å². The van der Waals surface area contributed by atoms with Gasteiger partial charge in [0.2, 0.25) is 5.69 Å². The standard InChI is InChI=1S/C17H16F2N2S/c1-11-15(14-6-4-5-7-20(14)2)12(18)10-13(19)16(11)17-21(3)8-9-22-17/h4-10H,1-3H3/q+2. The number of pyridine rings is 1. The Labute approximate surface area is 131 Å². The Morgan fingerprint density at radius 1 is 0.955 bits per heavy atom. The summed E-state index contributed by atoms with van der Waals surface area (Å²) in [4.78, 5) is 0. The number of thiazole rings is 1. The minimum atomic E-state index is -0.542. The molecule has 0 saturated carbocycles. The van der Waals surface area contributed by atoms with E-state index in [9.17, 15) is 8.78 Å². The highest BCUT2D eigenvalue weighted by molar-refractivity contribution is 7.12. The Kier molecular flexibility index (Phi) is 3.74. The van der Waals surface area contributed by atoms with Gasteiger partial charge in [0.15, 0.2) is 12.4 Å². The molecule has 2 nitrogen and oxygen atoms in total. The molecule has 2 aromatic heterocycles. The lowest BCUT2D eigenvalue weighted by Gasteiger charge is -2.10. The highest BCUT2D eigenvalue weighted by atomic mass is 32.1. The van der Waals surface area contributed by atoms with Crippen LogP contribution in [-0.2, 0) is 14.1 Å². The number of benzene rings is 1. The van der Waals surface area contributed by atoms with E-state index in [4.69, 9.17) is 0 Å². The maximum absolute atomic E-state index is 14.4. The molecule has 0 N–H and O–H groups in total. The fraction of sp³-hybridized carbons (Fsp3) is 0.176. The summed E-state index contributed by atoms with van der Waals surface area (Å²) in [6, 6.07) is 6.54. The van der Waals surface area contributed by atoms with E-state index in [1.54, 1.807) is 6.92 Å². The van der Waals surface area contributed by atoms with E-state index < -0.39 is 11.6 Å². The molecule has 0 amide bonds. The quantitative estimate of drug-likeness (QED) is 0.641. The second kappa shape index (κ2) is 5.57. The molecule has 0 spiro atoms. The summed E-state index contributed by atoms with van der Waals surface area (Å²) >= 11 is 1.44. The van der Waals surface area contributed by atoms with Crippen LogP contribution in [0.25, 0.3) is 21.8 Å². The van der Waals surface area contributed by atoms with Crippen LogP contribution >= 0.6 is 11.3 Å². The second-order valence-electron chi connectivity index (χ2n) is 5.23. The number of hydrogen-bond donors (Lipinski definition) is 0. The maximum atomic E-state index is 14.4. The first-order valence-corrected chi connectivity index (χ1v) is 7.75. The van der Waals surface area contributed by atoms with E-state index in [1.807, 2.05) is 59.2 Å². The molecule has 112 valence electrons. The minimum absolute atomic E-state index is 0.438. The Balaban J connectivity index is 2.34. The molecule has 0 unspecified atom stereocenters. The first-order valence-electron chi connectivity index (χ1n) is 6.88. The normalized spacial score (nSPS) is 11.0. The zero-order chi connectivity index (χ0) is 15.9. The summed E-state index contributed by atoms with van der Waals surface area (Å²) in [6.45, 7) is 1.77. The third kappa shape index (κ3) is 2.31. The number of aromatic nitrogens is 2. The van der Waals surface area contributed by atoms with Crippen LogP contribution in [0.15, 0.2) is 42.0 Å². The van der Waals surface area contributed by atoms with Crippen LogP contribution in [0.3, 0.4) is 0 Å². The van der Waals surface area contributed by atoms with E-state index in [-0.39, 0.29) is 0 Å². The van der Waals surface area contributed by atoms with Crippen LogP contribution in [0, 0.1) is 18.6 Å². The number of hydrogen-bond acceptors (Lipinski definition) is 1. The lowest BCUT2D eigenvalue weighted by atomic mass is 9.98. The SMILES string of the molecule is Cc1c(-c2cccc[n+]2C)c(F)cc(F)c1-c1scc[n+]1C. The summed E-state index contributed by atoms with van der Waals surface area (Å²) in [6.07, 6.45) is 3.72. The van der Waals surface area contributed by atoms with Gasteiger partial charge in [-0.2, -0.15) is 4.57 Å². The molecule has 0 radical (unpaired) electrons. The van der Waals surface area contributed by atoms with Gasteiger partial charge in [0.1, 0.15) is 25.7 Å². The number of nitrogens with zero attached hydrogens (tertiary/aromatic N) is 2. The van der Waals surface area contributed by atoms with E-state index >= 15 is 0 Å². The van der Waals surface area contributed by atoms with Crippen LogP contribution in [0.2, 0.25) is 0 Å². The molecule has 5 heteroatoms. The Morgan fingerprint density at radius 2 is 1.68 bits per heavy atom. The zero-order valence-electron chi connectivity index (χ0n) is 12.6. The highest BCUT2D eigenvalue weighted by Crippen LogP contribution is 2.35. The summed E-state index contributed by atoms with van der Waals surface area (Å²) in [5, 5.41) is 2.66. The van der Waals surface area contributed by atoms with Crippen molar-refractivity contribution in [2.75, 3.05) is 0 Å². The average molecular weight is 318 g/mol. The van der Waals surface area contributed by atoms with Gasteiger partial charge >= 0.3 is 0 Å². The summed E-state index contributed by atoms with van der Waals surface area (Å²) < 4.78 is 32.5. The van der Waals surface area contributed by atoms with Crippen LogP contribution in [0.1, 0.15) is 5.56 Å². The monoisotopic (exact) mass is 318 g/mol. The molecule has 2 heterocycles. The first kappa shape index (κ1) is 14.8. The lowest BCUT2D eigenvalue weighted by Crippen LogP contribution is -2.31. The van der Waals surface area contributed by atoms with Crippen LogP contribution < -0.4 is 9.13 Å². The Morgan fingerprint density at radius 3 is 2.32 bits per heavy atom. The molecule has 0 saturated heterocycles. The van der Waals surface area contributed by atoms with Gasteiger partial charge in [0.25, 0.3) is 5.01 Å². The van der Waals surface area contributed by atoms with Crippen molar-refractivity contribution in [3.63, 3.8) is 0 Å². The lowest BCUT2D eigenvalue weighted by molar-refractivity contribution is -0.660. The minimum Gasteiger partial charge on any atom is -0.206 e. The molecule has 3 rings (SSSR count). The van der Waals surface area contributed by atoms with Crippen molar-refractivity contribution < 1.29 is 17.9 Å². The van der Waals surface area contributed by atoms with Crippen molar-refractivity contribution in [1.82, 2.24) is 0 Å². The van der Waals surface area contributed by atoms with Gasteiger partial charge in [-0.05, 0) is 18.6 Å². The first-order chi connectivity index (χ1) is 10.5. The number of aryl methyl sites for hydroxylation is 2. The molecular formula is C17H16F2N2S+2. The summed E-state index contributed by atoms with van der Waals surface area (Å²) in [5.74, 6) is -1.07. The average Bonchev–Trinajstić information content (AvgIpc) is 2.87. The second-order valence-corrected chi connectivity index (χ2v) is 6.13. The van der Waals surface area contributed by atoms with Crippen LogP contribution in [0.4, 0.5) is 8.78 Å². The predicted octanol–water partition coefficient (Wildman–Crippen LogP) is 3.32. The molecule has 1 aromatic carbocycles. The molecule has 22 heavy (non-hydrogen) atoms. The molecule has 0 aliphatic heterocycles. The van der Waals surface area contributed by atoms with Gasteiger partial charge in [-0.25, -0.2) is 13.3 Å². The largest absolute Gasteiger partial charge is 0.272 e. The molecule has 0 aliphatic carbocycles. The molecule has 0 atom stereocenters. The predicted molar refractivity (Wildman–Crippen MR) is 82.2 cm³/mol. The molecular weight excluding hydrogens is 302 g/mol. The smallest absolute Gasteiger partial charge is 0.206 e. The number of rotatable bonds is 2. The molecule has 0 fully saturated rings. The van der Waals surface area contributed by atoms with Gasteiger partial charge in [-0.3, -0.25) is 0 Å². The Bertz CT molecular complexity index is 856. The Hall–Kier alpha value is -2.14. The van der Waals surface area contributed by atoms with Crippen molar-refractivity contribution in [1.29, 1.82) is 0 Å². The van der Waals surface area contributed by atoms with E-state index in [0.29, 0.717) is 16.7 Å². The summed E-state index contributed by atoms with van der Waals surface area (Å²) in [5.41, 5.74) is 2.22. The fourth-order valence-corrected chi connectivity index (χ4v) is 3.64. The zero-order valence-corrected chi connectivity index (χ0v) is 13.4. The van der Waals surface area contributed by atoms with Crippen molar-refractivity contribution in [3.8, 4) is 21.8 Å². The van der Waals surface area contributed by atoms with Crippen LogP contribution in [0.5, 0.6) is 0 Å². The third-order valence-corrected chi connectivity index (χ3v) is 4.76. The van der Waals surface area contributed by atoms with Gasteiger partial charge in [0, 0.05) is 18.2 Å². The van der Waals surface area contributed by atoms with E-state index in [0.717, 1.165) is 16.8 Å². The van der Waals surface area contributed by atoms with Crippen molar-refractivity contribution in [2.45, 2.75) is 6.92 Å². The van der Waals surface area contributed by atoms with E-state index in [1.165, 1.54) is 11.3 Å². The third-order valence-electron chi connectivity index (χ3n) is 3.79. The molecule has 3 aromatic rings. The topological polar surface area (TPSA) is 7.76 Å². The highest BCUT2D eigenvalue weighted by Gasteiger charge is 2.27. The fourth-order valence-electron chi connectivity index (χ4n) is 2.67. The van der Waals surface area contributed by atoms with Crippen molar-refractivity contribution in [3.05, 3.63) is 59.2 Å². The van der Waals surface area contributed by atoms with Crippen molar-refractivity contribution >= 4 is 11.3 Å². The van der Waals surface area contributed by atoms with E-state index in [2.05, 4.69) is 0 Å². The molecule has 0 bridgehead atoms. The van der Waals surface area contributed by atoms with Gasteiger partial charge in [-0.15, -0.1) is 0 Å². The number of halogens is 2. The van der Waals surface area contributed by atoms with Crippen molar-refractivity contribution in [2.24, 2.45) is 14.1 Å².